The summed E-state index contributed by atoms with van der Waals surface area (Å²) in [5.41, 5.74) is -0.0674. The van der Waals surface area contributed by atoms with Gasteiger partial charge in [-0.05, 0) is 13.0 Å². The minimum Gasteiger partial charge on any atom is -0.477 e. The molecular formula is C9H9F3N2O4. The second kappa shape index (κ2) is 4.98. The summed E-state index contributed by atoms with van der Waals surface area (Å²) in [6.07, 6.45) is -6.02. The second-order valence-corrected chi connectivity index (χ2v) is 3.36. The lowest BCUT2D eigenvalue weighted by Crippen LogP contribution is -2.23. The predicted molar refractivity (Wildman–Crippen MR) is 53.5 cm³/mol. The molecule has 100 valence electrons. The lowest BCUT2D eigenvalue weighted by molar-refractivity contribution is -0.159. The Bertz CT molecular complexity index is 467. The summed E-state index contributed by atoms with van der Waals surface area (Å²) in [7, 11) is 0. The zero-order chi connectivity index (χ0) is 13.9. The number of carbonyl (C=O) groups excluding carboxylic acids is 1. The Morgan fingerprint density at radius 3 is 2.61 bits per heavy atom. The summed E-state index contributed by atoms with van der Waals surface area (Å²) in [4.78, 5) is 24.2. The lowest BCUT2D eigenvalue weighted by Gasteiger charge is -2.08. The molecule has 0 saturated carbocycles. The fourth-order valence-electron chi connectivity index (χ4n) is 1.15. The van der Waals surface area contributed by atoms with Gasteiger partial charge in [-0.1, -0.05) is 0 Å². The van der Waals surface area contributed by atoms with Crippen molar-refractivity contribution in [3.63, 3.8) is 0 Å². The molecule has 0 saturated heterocycles. The molecule has 0 aliphatic carbocycles. The van der Waals surface area contributed by atoms with Crippen LogP contribution < -0.4 is 5.32 Å². The number of nitrogens with one attached hydrogen (secondary N) is 2. The number of carbonyl (C=O) groups is 2. The average Bonchev–Trinajstić information content (AvgIpc) is 2.55. The third-order valence-electron chi connectivity index (χ3n) is 1.77. The second-order valence-electron chi connectivity index (χ2n) is 3.36. The van der Waals surface area contributed by atoms with E-state index in [1.807, 2.05) is 5.32 Å². The van der Waals surface area contributed by atoms with Crippen LogP contribution in [0.3, 0.4) is 0 Å². The van der Waals surface area contributed by atoms with E-state index in [9.17, 15) is 22.8 Å². The fourth-order valence-corrected chi connectivity index (χ4v) is 1.15. The fraction of sp³-hybridized carbons (Fsp3) is 0.333. The van der Waals surface area contributed by atoms with Crippen molar-refractivity contribution in [2.24, 2.45) is 0 Å². The summed E-state index contributed by atoms with van der Waals surface area (Å²) in [6.45, 7) is -0.219. The topological polar surface area (TPSA) is 91.4 Å². The molecule has 1 heterocycles. The molecule has 0 radical (unpaired) electrons. The molecule has 0 bridgehead atoms. The molecule has 1 aromatic rings. The van der Waals surface area contributed by atoms with Crippen LogP contribution in [0, 0.1) is 6.92 Å². The molecule has 0 aliphatic heterocycles. The number of aromatic amines is 1. The Balaban J connectivity index is 2.67. The highest BCUT2D eigenvalue weighted by Crippen LogP contribution is 2.18. The minimum atomic E-state index is -4.64. The Hall–Kier alpha value is -2.19. The summed E-state index contributed by atoms with van der Waals surface area (Å²) < 4.78 is 39.2. The van der Waals surface area contributed by atoms with Crippen LogP contribution in [0.4, 0.5) is 23.7 Å². The van der Waals surface area contributed by atoms with Crippen molar-refractivity contribution in [2.45, 2.75) is 13.1 Å². The number of hydrogen-bond donors (Lipinski definition) is 3. The highest BCUT2D eigenvalue weighted by atomic mass is 19.4. The number of ether oxygens (including phenoxy) is 1. The predicted octanol–water partition coefficient (Wildman–Crippen LogP) is 2.13. The summed E-state index contributed by atoms with van der Waals surface area (Å²) >= 11 is 0. The summed E-state index contributed by atoms with van der Waals surface area (Å²) in [5, 5.41) is 10.7. The number of amides is 1. The van der Waals surface area contributed by atoms with Gasteiger partial charge in [0, 0.05) is 5.69 Å². The van der Waals surface area contributed by atoms with E-state index in [1.54, 1.807) is 0 Å². The minimum absolute atomic E-state index is 0.160. The molecule has 1 amide bonds. The van der Waals surface area contributed by atoms with Gasteiger partial charge in [-0.25, -0.2) is 9.59 Å². The van der Waals surface area contributed by atoms with Gasteiger partial charge in [0.15, 0.2) is 6.61 Å². The molecule has 0 aromatic carbocycles. The first-order chi connectivity index (χ1) is 8.19. The Morgan fingerprint density at radius 2 is 2.11 bits per heavy atom. The number of anilines is 1. The van der Waals surface area contributed by atoms with Crippen molar-refractivity contribution in [1.29, 1.82) is 0 Å². The molecule has 9 heteroatoms. The van der Waals surface area contributed by atoms with Gasteiger partial charge in [-0.15, -0.1) is 0 Å². The molecule has 1 aromatic heterocycles. The normalized spacial score (nSPS) is 11.1. The first-order valence-corrected chi connectivity index (χ1v) is 4.62. The molecule has 0 spiro atoms. The number of H-pyrrole nitrogens is 1. The molecule has 6 nitrogen and oxygen atoms in total. The number of carboxylic acids is 1. The first kappa shape index (κ1) is 13.9. The number of aromatic carboxylic acids is 1. The Labute approximate surface area is 98.7 Å². The van der Waals surface area contributed by atoms with Gasteiger partial charge in [-0.3, -0.25) is 5.32 Å². The van der Waals surface area contributed by atoms with Gasteiger partial charge >= 0.3 is 18.2 Å². The van der Waals surface area contributed by atoms with Crippen molar-refractivity contribution in [2.75, 3.05) is 11.9 Å². The molecule has 0 unspecified atom stereocenters. The van der Waals surface area contributed by atoms with Crippen molar-refractivity contribution in [3.05, 3.63) is 17.5 Å². The SMILES string of the molecule is Cc1cc(NC(=O)OCC(F)(F)F)c(C(=O)O)[nH]1. The zero-order valence-corrected chi connectivity index (χ0v) is 9.09. The van der Waals surface area contributed by atoms with E-state index in [4.69, 9.17) is 5.11 Å². The van der Waals surface area contributed by atoms with Crippen molar-refractivity contribution in [3.8, 4) is 0 Å². The maximum Gasteiger partial charge on any atom is 0.422 e. The van der Waals surface area contributed by atoms with Gasteiger partial charge in [-0.2, -0.15) is 13.2 Å². The third-order valence-corrected chi connectivity index (χ3v) is 1.77. The molecule has 3 N–H and O–H groups in total. The number of hydrogen-bond acceptors (Lipinski definition) is 3. The Kier molecular flexibility index (Phi) is 3.84. The molecule has 0 fully saturated rings. The molecule has 1 rings (SSSR count). The van der Waals surface area contributed by atoms with E-state index in [1.165, 1.54) is 13.0 Å². The first-order valence-electron chi connectivity index (χ1n) is 4.62. The number of aryl methyl sites for hydroxylation is 1. The van der Waals surface area contributed by atoms with Crippen LogP contribution in [-0.4, -0.2) is 34.9 Å². The van der Waals surface area contributed by atoms with Gasteiger partial charge in [0.25, 0.3) is 0 Å². The molecule has 0 aliphatic rings. The van der Waals surface area contributed by atoms with E-state index >= 15 is 0 Å². The van der Waals surface area contributed by atoms with Crippen molar-refractivity contribution < 1.29 is 32.6 Å². The van der Waals surface area contributed by atoms with Crippen molar-refractivity contribution in [1.82, 2.24) is 4.98 Å². The van der Waals surface area contributed by atoms with Gasteiger partial charge in [0.05, 0.1) is 5.69 Å². The maximum atomic E-state index is 11.8. The largest absolute Gasteiger partial charge is 0.477 e. The van der Waals surface area contributed by atoms with Crippen LogP contribution in [0.2, 0.25) is 0 Å². The van der Waals surface area contributed by atoms with Crippen molar-refractivity contribution >= 4 is 17.7 Å². The Morgan fingerprint density at radius 1 is 1.50 bits per heavy atom. The smallest absolute Gasteiger partial charge is 0.422 e. The van der Waals surface area contributed by atoms with Crippen LogP contribution >= 0.6 is 0 Å². The van der Waals surface area contributed by atoms with E-state index in [0.29, 0.717) is 5.69 Å². The highest BCUT2D eigenvalue weighted by molar-refractivity contribution is 5.97. The molecule has 18 heavy (non-hydrogen) atoms. The lowest BCUT2D eigenvalue weighted by atomic mass is 10.3. The maximum absolute atomic E-state index is 11.8. The number of halogens is 3. The molecule has 0 atom stereocenters. The standard InChI is InChI=1S/C9H9F3N2O4/c1-4-2-5(6(13-4)7(15)16)14-8(17)18-3-9(10,11)12/h2,13H,3H2,1H3,(H,14,17)(H,15,16). The van der Waals surface area contributed by atoms with Crippen LogP contribution in [0.15, 0.2) is 6.07 Å². The number of carboxylic acid groups (broad SMARTS) is 1. The number of alkyl halides is 3. The van der Waals surface area contributed by atoms with E-state index in [-0.39, 0.29) is 11.4 Å². The summed E-state index contributed by atoms with van der Waals surface area (Å²) in [6, 6.07) is 1.26. The third kappa shape index (κ3) is 4.00. The van der Waals surface area contributed by atoms with E-state index in [2.05, 4.69) is 9.72 Å². The van der Waals surface area contributed by atoms with Gasteiger partial charge in [0.2, 0.25) is 0 Å². The zero-order valence-electron chi connectivity index (χ0n) is 9.09. The molecular weight excluding hydrogens is 257 g/mol. The van der Waals surface area contributed by atoms with Crippen LogP contribution in [-0.2, 0) is 4.74 Å². The van der Waals surface area contributed by atoms with E-state index < -0.39 is 24.8 Å². The van der Waals surface area contributed by atoms with Gasteiger partial charge < -0.3 is 14.8 Å². The van der Waals surface area contributed by atoms with Gasteiger partial charge in [0.1, 0.15) is 5.69 Å². The number of aromatic nitrogens is 1. The van der Waals surface area contributed by atoms with Crippen LogP contribution in [0.25, 0.3) is 0 Å². The quantitative estimate of drug-likeness (QED) is 0.781. The van der Waals surface area contributed by atoms with E-state index in [0.717, 1.165) is 0 Å². The summed E-state index contributed by atoms with van der Waals surface area (Å²) in [5.74, 6) is -1.35. The number of rotatable bonds is 3. The monoisotopic (exact) mass is 266 g/mol. The van der Waals surface area contributed by atoms with Crippen LogP contribution in [0.1, 0.15) is 16.2 Å². The average molecular weight is 266 g/mol. The highest BCUT2D eigenvalue weighted by Gasteiger charge is 2.29. The van der Waals surface area contributed by atoms with Crippen LogP contribution in [0.5, 0.6) is 0 Å².